The van der Waals surface area contributed by atoms with Crippen LogP contribution in [0.4, 0.5) is 4.79 Å². The predicted molar refractivity (Wildman–Crippen MR) is 75.8 cm³/mol. The summed E-state index contributed by atoms with van der Waals surface area (Å²) in [5.74, 6) is -0.0322. The van der Waals surface area contributed by atoms with Gasteiger partial charge in [0.1, 0.15) is 16.6 Å². The van der Waals surface area contributed by atoms with Crippen molar-refractivity contribution in [1.29, 1.82) is 0 Å². The van der Waals surface area contributed by atoms with Crippen LogP contribution >= 0.6 is 0 Å². The summed E-state index contributed by atoms with van der Waals surface area (Å²) >= 11 is 0. The van der Waals surface area contributed by atoms with E-state index in [2.05, 4.69) is 10.3 Å². The van der Waals surface area contributed by atoms with Gasteiger partial charge in [-0.3, -0.25) is 4.79 Å². The Hall–Kier alpha value is -2.44. The van der Waals surface area contributed by atoms with E-state index >= 15 is 0 Å². The van der Waals surface area contributed by atoms with Gasteiger partial charge in [0.25, 0.3) is 0 Å². The second-order valence-corrected chi connectivity index (χ2v) is 5.93. The largest absolute Gasteiger partial charge is 0.442 e. The minimum atomic E-state index is -0.618. The molecule has 7 nitrogen and oxygen atoms in total. The second kappa shape index (κ2) is 4.54. The maximum Gasteiger partial charge on any atom is 0.430 e. The predicted octanol–water partition coefficient (Wildman–Crippen LogP) is 1.89. The van der Waals surface area contributed by atoms with E-state index in [9.17, 15) is 9.59 Å². The Morgan fingerprint density at radius 1 is 1.33 bits per heavy atom. The van der Waals surface area contributed by atoms with E-state index in [1.807, 2.05) is 0 Å². The number of nitrogens with zero attached hydrogens (tertiary/aromatic N) is 4. The lowest BCUT2D eigenvalue weighted by atomic mass is 10.1. The maximum atomic E-state index is 12.3. The highest BCUT2D eigenvalue weighted by molar-refractivity contribution is 6.07. The van der Waals surface area contributed by atoms with Gasteiger partial charge in [-0.15, -0.1) is 9.89 Å². The monoisotopic (exact) mass is 288 g/mol. The molecule has 1 amide bonds. The van der Waals surface area contributed by atoms with Gasteiger partial charge in [-0.1, -0.05) is 6.07 Å². The molecule has 1 aliphatic rings. The van der Waals surface area contributed by atoms with Gasteiger partial charge in [0.2, 0.25) is 0 Å². The van der Waals surface area contributed by atoms with Crippen molar-refractivity contribution in [2.24, 2.45) is 0 Å². The third kappa shape index (κ3) is 2.35. The Balaban J connectivity index is 2.09. The van der Waals surface area contributed by atoms with E-state index in [0.717, 1.165) is 0 Å². The molecule has 2 aromatic rings. The molecule has 1 aromatic heterocycles. The van der Waals surface area contributed by atoms with Crippen LogP contribution < -0.4 is 5.01 Å². The average molecular weight is 288 g/mol. The SMILES string of the molecule is CC(C)(C)OC(=O)N1CCC(=O)c2cccc3nnn1c23. The van der Waals surface area contributed by atoms with Crippen molar-refractivity contribution in [2.45, 2.75) is 32.8 Å². The number of hydrogen-bond acceptors (Lipinski definition) is 5. The Kier molecular flexibility index (Phi) is 2.93. The third-order valence-corrected chi connectivity index (χ3v) is 3.14. The molecular weight excluding hydrogens is 272 g/mol. The standard InChI is InChI=1S/C14H16N4O3/c1-14(2,3)21-13(20)17-8-7-11(19)9-5-4-6-10-12(9)18(17)16-15-10/h4-6H,7-8H2,1-3H3. The number of carbonyl (C=O) groups is 2. The van der Waals surface area contributed by atoms with E-state index in [0.29, 0.717) is 16.6 Å². The summed E-state index contributed by atoms with van der Waals surface area (Å²) in [6.07, 6.45) is -0.319. The van der Waals surface area contributed by atoms with Crippen LogP contribution in [-0.2, 0) is 4.74 Å². The molecule has 0 unspecified atom stereocenters. The minimum Gasteiger partial charge on any atom is -0.442 e. The topological polar surface area (TPSA) is 77.3 Å². The van der Waals surface area contributed by atoms with Gasteiger partial charge >= 0.3 is 6.09 Å². The molecule has 0 aliphatic carbocycles. The second-order valence-electron chi connectivity index (χ2n) is 5.93. The van der Waals surface area contributed by atoms with Gasteiger partial charge in [-0.2, -0.15) is 5.01 Å². The summed E-state index contributed by atoms with van der Waals surface area (Å²) in [6, 6.07) is 5.25. The quantitative estimate of drug-likeness (QED) is 0.739. The number of ketones is 1. The summed E-state index contributed by atoms with van der Waals surface area (Å²) in [7, 11) is 0. The summed E-state index contributed by atoms with van der Waals surface area (Å²) in [5, 5.41) is 9.31. The Morgan fingerprint density at radius 3 is 2.81 bits per heavy atom. The van der Waals surface area contributed by atoms with E-state index in [1.165, 1.54) is 9.80 Å². The zero-order valence-corrected chi connectivity index (χ0v) is 12.2. The number of aromatic nitrogens is 3. The number of para-hydroxylation sites is 1. The van der Waals surface area contributed by atoms with E-state index in [-0.39, 0.29) is 18.7 Å². The van der Waals surface area contributed by atoms with Crippen molar-refractivity contribution in [3.8, 4) is 0 Å². The van der Waals surface area contributed by atoms with Crippen LogP contribution in [0.25, 0.3) is 11.0 Å². The Labute approximate surface area is 121 Å². The summed E-state index contributed by atoms with van der Waals surface area (Å²) in [5.41, 5.74) is 1.04. The fourth-order valence-electron chi connectivity index (χ4n) is 2.27. The lowest BCUT2D eigenvalue weighted by Gasteiger charge is -2.26. The van der Waals surface area contributed by atoms with Crippen LogP contribution in [0.5, 0.6) is 0 Å². The first-order valence-electron chi connectivity index (χ1n) is 6.75. The number of ether oxygens (including phenoxy) is 1. The van der Waals surface area contributed by atoms with Gasteiger partial charge in [0.15, 0.2) is 5.78 Å². The maximum absolute atomic E-state index is 12.3. The highest BCUT2D eigenvalue weighted by Crippen LogP contribution is 2.22. The van der Waals surface area contributed by atoms with Crippen molar-refractivity contribution in [3.63, 3.8) is 0 Å². The molecule has 0 fully saturated rings. The fourth-order valence-corrected chi connectivity index (χ4v) is 2.27. The molecule has 0 saturated heterocycles. The van der Waals surface area contributed by atoms with Crippen molar-refractivity contribution < 1.29 is 14.3 Å². The first-order chi connectivity index (χ1) is 9.87. The smallest absolute Gasteiger partial charge is 0.430 e. The highest BCUT2D eigenvalue weighted by Gasteiger charge is 2.30. The molecule has 110 valence electrons. The molecule has 0 radical (unpaired) electrons. The molecule has 0 bridgehead atoms. The Bertz CT molecular complexity index is 729. The molecular formula is C14H16N4O3. The first-order valence-corrected chi connectivity index (χ1v) is 6.75. The molecule has 21 heavy (non-hydrogen) atoms. The van der Waals surface area contributed by atoms with E-state index < -0.39 is 11.7 Å². The first kappa shape index (κ1) is 13.5. The molecule has 2 heterocycles. The van der Waals surface area contributed by atoms with Crippen LogP contribution in [0.15, 0.2) is 18.2 Å². The van der Waals surface area contributed by atoms with Crippen LogP contribution in [0.3, 0.4) is 0 Å². The number of benzene rings is 1. The molecule has 0 atom stereocenters. The van der Waals surface area contributed by atoms with Crippen molar-refractivity contribution in [2.75, 3.05) is 11.6 Å². The molecule has 7 heteroatoms. The minimum absolute atomic E-state index is 0.0322. The van der Waals surface area contributed by atoms with Crippen molar-refractivity contribution in [1.82, 2.24) is 15.1 Å². The summed E-state index contributed by atoms with van der Waals surface area (Å²) < 4.78 is 5.37. The van der Waals surface area contributed by atoms with E-state index in [4.69, 9.17) is 4.74 Å². The number of hydrogen-bond donors (Lipinski definition) is 0. The van der Waals surface area contributed by atoms with Crippen LogP contribution in [0.2, 0.25) is 0 Å². The zero-order valence-electron chi connectivity index (χ0n) is 12.2. The molecule has 0 spiro atoms. The summed E-state index contributed by atoms with van der Waals surface area (Å²) in [6.45, 7) is 5.58. The number of rotatable bonds is 0. The highest BCUT2D eigenvalue weighted by atomic mass is 16.6. The third-order valence-electron chi connectivity index (χ3n) is 3.14. The Morgan fingerprint density at radius 2 is 2.10 bits per heavy atom. The van der Waals surface area contributed by atoms with Crippen LogP contribution in [0, 0.1) is 0 Å². The molecule has 1 aromatic carbocycles. The number of Topliss-reactive ketones (excluding diaryl/α,β-unsaturated/α-hetero) is 1. The molecule has 0 saturated carbocycles. The normalized spacial score (nSPS) is 15.2. The molecule has 1 aliphatic heterocycles. The zero-order chi connectivity index (χ0) is 15.2. The van der Waals surface area contributed by atoms with E-state index in [1.54, 1.807) is 39.0 Å². The van der Waals surface area contributed by atoms with Crippen LogP contribution in [-0.4, -0.2) is 39.1 Å². The lowest BCUT2D eigenvalue weighted by molar-refractivity contribution is 0.0533. The molecule has 0 N–H and O–H groups in total. The van der Waals surface area contributed by atoms with Crippen molar-refractivity contribution in [3.05, 3.63) is 23.8 Å². The van der Waals surface area contributed by atoms with Crippen LogP contribution in [0.1, 0.15) is 37.6 Å². The molecule has 3 rings (SSSR count). The van der Waals surface area contributed by atoms with Gasteiger partial charge in [-0.05, 0) is 38.1 Å². The average Bonchev–Trinajstić information content (AvgIpc) is 2.74. The lowest BCUT2D eigenvalue weighted by Crippen LogP contribution is -2.44. The van der Waals surface area contributed by atoms with Crippen molar-refractivity contribution >= 4 is 22.9 Å². The van der Waals surface area contributed by atoms with Gasteiger partial charge in [-0.25, -0.2) is 4.79 Å². The fraction of sp³-hybridized carbons (Fsp3) is 0.429. The number of amides is 1. The van der Waals surface area contributed by atoms with Gasteiger partial charge in [0.05, 0.1) is 6.54 Å². The van der Waals surface area contributed by atoms with Gasteiger partial charge in [0, 0.05) is 12.0 Å². The van der Waals surface area contributed by atoms with Gasteiger partial charge < -0.3 is 4.74 Å². The summed E-state index contributed by atoms with van der Waals surface area (Å²) in [4.78, 5) is 25.9. The number of carbonyl (C=O) groups excluding carboxylic acids is 2.